The van der Waals surface area contributed by atoms with E-state index < -0.39 is 0 Å². The Hall–Kier alpha value is -2.82. The Bertz CT molecular complexity index is 684. The summed E-state index contributed by atoms with van der Waals surface area (Å²) in [7, 11) is 0. The van der Waals surface area contributed by atoms with E-state index in [0.717, 1.165) is 5.56 Å². The second-order valence-electron chi connectivity index (χ2n) is 5.23. The van der Waals surface area contributed by atoms with Crippen LogP contribution in [-0.4, -0.2) is 25.0 Å². The van der Waals surface area contributed by atoms with Crippen molar-refractivity contribution in [2.45, 2.75) is 13.8 Å². The SMILES string of the molecule is Cc1ccc(OCC(=O)NCC(=O)Nc2ccccc2)cc1C. The van der Waals surface area contributed by atoms with Gasteiger partial charge in [0, 0.05) is 5.69 Å². The Morgan fingerprint density at radius 2 is 1.70 bits per heavy atom. The molecule has 5 heteroatoms. The van der Waals surface area contributed by atoms with Crippen LogP contribution >= 0.6 is 0 Å². The molecular weight excluding hydrogens is 292 g/mol. The Balaban J connectivity index is 1.72. The van der Waals surface area contributed by atoms with E-state index in [-0.39, 0.29) is 25.0 Å². The summed E-state index contributed by atoms with van der Waals surface area (Å²) in [5.74, 6) is 0.0131. The number of hydrogen-bond acceptors (Lipinski definition) is 3. The van der Waals surface area contributed by atoms with Crippen molar-refractivity contribution in [2.75, 3.05) is 18.5 Å². The summed E-state index contributed by atoms with van der Waals surface area (Å²) >= 11 is 0. The van der Waals surface area contributed by atoms with Crippen LogP contribution in [0.2, 0.25) is 0 Å². The quantitative estimate of drug-likeness (QED) is 0.861. The molecule has 0 aromatic heterocycles. The number of anilines is 1. The maximum Gasteiger partial charge on any atom is 0.258 e. The lowest BCUT2D eigenvalue weighted by molar-refractivity contribution is -0.125. The topological polar surface area (TPSA) is 67.4 Å². The van der Waals surface area contributed by atoms with Gasteiger partial charge in [-0.2, -0.15) is 0 Å². The molecule has 0 aliphatic rings. The molecule has 0 spiro atoms. The first-order valence-corrected chi connectivity index (χ1v) is 7.36. The van der Waals surface area contributed by atoms with E-state index in [1.807, 2.05) is 50.2 Å². The molecule has 0 aliphatic carbocycles. The van der Waals surface area contributed by atoms with E-state index in [0.29, 0.717) is 11.4 Å². The van der Waals surface area contributed by atoms with Crippen LogP contribution in [0.3, 0.4) is 0 Å². The van der Waals surface area contributed by atoms with Gasteiger partial charge in [-0.25, -0.2) is 0 Å². The third kappa shape index (κ3) is 5.47. The van der Waals surface area contributed by atoms with E-state index in [1.165, 1.54) is 5.56 Å². The average Bonchev–Trinajstić information content (AvgIpc) is 2.55. The molecule has 2 rings (SSSR count). The van der Waals surface area contributed by atoms with Gasteiger partial charge in [-0.15, -0.1) is 0 Å². The van der Waals surface area contributed by atoms with Gasteiger partial charge >= 0.3 is 0 Å². The van der Waals surface area contributed by atoms with Crippen LogP contribution in [-0.2, 0) is 9.59 Å². The van der Waals surface area contributed by atoms with E-state index in [9.17, 15) is 9.59 Å². The highest BCUT2D eigenvalue weighted by Crippen LogP contribution is 2.16. The number of nitrogens with one attached hydrogen (secondary N) is 2. The van der Waals surface area contributed by atoms with Gasteiger partial charge in [0.15, 0.2) is 6.61 Å². The number of rotatable bonds is 6. The minimum absolute atomic E-state index is 0.0932. The fraction of sp³-hybridized carbons (Fsp3) is 0.222. The van der Waals surface area contributed by atoms with Crippen LogP contribution in [0.4, 0.5) is 5.69 Å². The average molecular weight is 312 g/mol. The Kier molecular flexibility index (Phi) is 5.74. The number of amides is 2. The van der Waals surface area contributed by atoms with Crippen LogP contribution in [0.1, 0.15) is 11.1 Å². The van der Waals surface area contributed by atoms with Crippen molar-refractivity contribution >= 4 is 17.5 Å². The zero-order chi connectivity index (χ0) is 16.7. The molecule has 0 saturated heterocycles. The smallest absolute Gasteiger partial charge is 0.258 e. The summed E-state index contributed by atoms with van der Waals surface area (Å²) in [5.41, 5.74) is 2.96. The monoisotopic (exact) mass is 312 g/mol. The van der Waals surface area contributed by atoms with Gasteiger partial charge in [0.2, 0.25) is 5.91 Å². The van der Waals surface area contributed by atoms with Gasteiger partial charge in [0.05, 0.1) is 6.54 Å². The molecule has 5 nitrogen and oxygen atoms in total. The predicted octanol–water partition coefficient (Wildman–Crippen LogP) is 2.44. The van der Waals surface area contributed by atoms with Gasteiger partial charge in [-0.05, 0) is 49.2 Å². The maximum atomic E-state index is 11.7. The zero-order valence-electron chi connectivity index (χ0n) is 13.3. The molecule has 0 aliphatic heterocycles. The van der Waals surface area contributed by atoms with Crippen LogP contribution in [0.5, 0.6) is 5.75 Å². The minimum atomic E-state index is -0.341. The summed E-state index contributed by atoms with van der Waals surface area (Å²) in [6, 6.07) is 14.7. The third-order valence-corrected chi connectivity index (χ3v) is 3.35. The highest BCUT2D eigenvalue weighted by atomic mass is 16.5. The lowest BCUT2D eigenvalue weighted by atomic mass is 10.1. The Labute approximate surface area is 135 Å². The molecule has 0 bridgehead atoms. The van der Waals surface area contributed by atoms with Crippen LogP contribution in [0, 0.1) is 13.8 Å². The highest BCUT2D eigenvalue weighted by molar-refractivity contribution is 5.94. The van der Waals surface area contributed by atoms with Crippen LogP contribution in [0.15, 0.2) is 48.5 Å². The summed E-state index contributed by atoms with van der Waals surface area (Å²) in [6.07, 6.45) is 0. The van der Waals surface area contributed by atoms with Crippen molar-refractivity contribution in [2.24, 2.45) is 0 Å². The van der Waals surface area contributed by atoms with Crippen molar-refractivity contribution in [1.82, 2.24) is 5.32 Å². The van der Waals surface area contributed by atoms with E-state index >= 15 is 0 Å². The van der Waals surface area contributed by atoms with E-state index in [2.05, 4.69) is 10.6 Å². The summed E-state index contributed by atoms with van der Waals surface area (Å²) < 4.78 is 5.41. The van der Waals surface area contributed by atoms with Crippen molar-refractivity contribution in [1.29, 1.82) is 0 Å². The predicted molar refractivity (Wildman–Crippen MR) is 89.5 cm³/mol. The molecule has 2 amide bonds. The first kappa shape index (κ1) is 16.5. The second kappa shape index (κ2) is 7.98. The molecule has 0 heterocycles. The first-order chi connectivity index (χ1) is 11.0. The molecule has 0 unspecified atom stereocenters. The van der Waals surface area contributed by atoms with Gasteiger partial charge in [-0.3, -0.25) is 9.59 Å². The molecule has 0 fully saturated rings. The first-order valence-electron chi connectivity index (χ1n) is 7.36. The number of benzene rings is 2. The number of carbonyl (C=O) groups is 2. The Morgan fingerprint density at radius 3 is 2.39 bits per heavy atom. The largest absolute Gasteiger partial charge is 0.484 e. The normalized spacial score (nSPS) is 10.0. The lowest BCUT2D eigenvalue weighted by Gasteiger charge is -2.09. The molecular formula is C18H20N2O3. The van der Waals surface area contributed by atoms with Gasteiger partial charge < -0.3 is 15.4 Å². The summed E-state index contributed by atoms with van der Waals surface area (Å²) in [5, 5.41) is 5.21. The molecule has 2 N–H and O–H groups in total. The number of carbonyl (C=O) groups excluding carboxylic acids is 2. The number of ether oxygens (including phenoxy) is 1. The summed E-state index contributed by atoms with van der Waals surface area (Å²) in [6.45, 7) is 3.78. The fourth-order valence-corrected chi connectivity index (χ4v) is 1.91. The van der Waals surface area contributed by atoms with Crippen LogP contribution in [0.25, 0.3) is 0 Å². The van der Waals surface area contributed by atoms with Crippen molar-refractivity contribution in [3.63, 3.8) is 0 Å². The number of para-hydroxylation sites is 1. The number of hydrogen-bond donors (Lipinski definition) is 2. The van der Waals surface area contributed by atoms with E-state index in [1.54, 1.807) is 12.1 Å². The minimum Gasteiger partial charge on any atom is -0.484 e. The zero-order valence-corrected chi connectivity index (χ0v) is 13.3. The van der Waals surface area contributed by atoms with E-state index in [4.69, 9.17) is 4.74 Å². The highest BCUT2D eigenvalue weighted by Gasteiger charge is 2.07. The van der Waals surface area contributed by atoms with Gasteiger partial charge in [-0.1, -0.05) is 24.3 Å². The van der Waals surface area contributed by atoms with Crippen LogP contribution < -0.4 is 15.4 Å². The molecule has 0 saturated carbocycles. The molecule has 23 heavy (non-hydrogen) atoms. The number of aryl methyl sites for hydroxylation is 2. The summed E-state index contributed by atoms with van der Waals surface area (Å²) in [4.78, 5) is 23.4. The molecule has 0 atom stereocenters. The van der Waals surface area contributed by atoms with Gasteiger partial charge in [0.25, 0.3) is 5.91 Å². The van der Waals surface area contributed by atoms with Crippen molar-refractivity contribution in [3.8, 4) is 5.75 Å². The second-order valence-corrected chi connectivity index (χ2v) is 5.23. The maximum absolute atomic E-state index is 11.7. The van der Waals surface area contributed by atoms with Crippen molar-refractivity contribution < 1.29 is 14.3 Å². The fourth-order valence-electron chi connectivity index (χ4n) is 1.91. The molecule has 2 aromatic carbocycles. The van der Waals surface area contributed by atoms with Gasteiger partial charge in [0.1, 0.15) is 5.75 Å². The third-order valence-electron chi connectivity index (χ3n) is 3.35. The Morgan fingerprint density at radius 1 is 0.957 bits per heavy atom. The molecule has 120 valence electrons. The standard InChI is InChI=1S/C18H20N2O3/c1-13-8-9-16(10-14(13)2)23-12-18(22)19-11-17(21)20-15-6-4-3-5-7-15/h3-10H,11-12H2,1-2H3,(H,19,22)(H,20,21). The molecule has 2 aromatic rings. The van der Waals surface area contributed by atoms with Crippen molar-refractivity contribution in [3.05, 3.63) is 59.7 Å². The lowest BCUT2D eigenvalue weighted by Crippen LogP contribution is -2.35. The molecule has 0 radical (unpaired) electrons.